The molecule has 2 aliphatic rings. The van der Waals surface area contributed by atoms with Crippen molar-refractivity contribution in [1.29, 1.82) is 0 Å². The van der Waals surface area contributed by atoms with Gasteiger partial charge in [0.25, 0.3) is 0 Å². The summed E-state index contributed by atoms with van der Waals surface area (Å²) >= 11 is 0. The van der Waals surface area contributed by atoms with Crippen LogP contribution in [0.3, 0.4) is 0 Å². The van der Waals surface area contributed by atoms with Crippen molar-refractivity contribution in [3.63, 3.8) is 0 Å². The number of hydrogen-bond acceptors (Lipinski definition) is 6. The minimum absolute atomic E-state index is 0.00623. The number of alkyl halides is 3. The van der Waals surface area contributed by atoms with Gasteiger partial charge in [-0.15, -0.1) is 0 Å². The van der Waals surface area contributed by atoms with Crippen LogP contribution >= 0.6 is 0 Å². The highest BCUT2D eigenvalue weighted by molar-refractivity contribution is 5.91. The van der Waals surface area contributed by atoms with Crippen LogP contribution in [0.4, 0.5) is 23.8 Å². The van der Waals surface area contributed by atoms with Crippen molar-refractivity contribution in [2.75, 3.05) is 12.4 Å². The molecule has 34 heavy (non-hydrogen) atoms. The molecule has 2 bridgehead atoms. The zero-order valence-electron chi connectivity index (χ0n) is 18.9. The van der Waals surface area contributed by atoms with Crippen LogP contribution in [0.5, 0.6) is 0 Å². The second-order valence-corrected chi connectivity index (χ2v) is 9.13. The minimum Gasteiger partial charge on any atom is -0.379 e. The van der Waals surface area contributed by atoms with Gasteiger partial charge >= 0.3 is 12.2 Å². The topological polar surface area (TPSA) is 97.5 Å². The maximum Gasteiger partial charge on any atom is 0.418 e. The number of piperidine rings is 1. The molecule has 1 saturated carbocycles. The van der Waals surface area contributed by atoms with Crippen molar-refractivity contribution in [3.05, 3.63) is 36.5 Å². The van der Waals surface area contributed by atoms with Crippen LogP contribution in [0.2, 0.25) is 0 Å². The Morgan fingerprint density at radius 2 is 2.06 bits per heavy atom. The van der Waals surface area contributed by atoms with Crippen LogP contribution in [-0.4, -0.2) is 60.3 Å². The molecule has 9 nitrogen and oxygen atoms in total. The van der Waals surface area contributed by atoms with Gasteiger partial charge in [0.1, 0.15) is 12.1 Å². The summed E-state index contributed by atoms with van der Waals surface area (Å²) in [6.45, 7) is 4.09. The van der Waals surface area contributed by atoms with Gasteiger partial charge in [0.2, 0.25) is 0 Å². The SMILES string of the molecule is CO[C@H](C)[C@]12C[C@H](C)C[C@H](C1)N2C(=O)Nc1cc(-c2cn3ncnc3cn2)c(C(F)(F)F)cn1. The van der Waals surface area contributed by atoms with E-state index in [9.17, 15) is 18.0 Å². The van der Waals surface area contributed by atoms with Crippen molar-refractivity contribution in [3.8, 4) is 11.3 Å². The normalized spacial score (nSPS) is 25.2. The fourth-order valence-corrected chi connectivity index (χ4v) is 5.48. The first-order chi connectivity index (χ1) is 16.1. The van der Waals surface area contributed by atoms with Gasteiger partial charge in [-0.1, -0.05) is 6.92 Å². The van der Waals surface area contributed by atoms with Crippen LogP contribution in [0.15, 0.2) is 31.0 Å². The van der Waals surface area contributed by atoms with E-state index in [-0.39, 0.29) is 29.2 Å². The second kappa shape index (κ2) is 7.90. The van der Waals surface area contributed by atoms with Crippen LogP contribution in [-0.2, 0) is 10.9 Å². The lowest BCUT2D eigenvalue weighted by atomic mass is 9.62. The highest BCUT2D eigenvalue weighted by Gasteiger charge is 2.61. The molecule has 12 heteroatoms. The molecule has 3 aromatic rings. The van der Waals surface area contributed by atoms with Gasteiger partial charge in [0.15, 0.2) is 5.65 Å². The Morgan fingerprint density at radius 3 is 2.79 bits per heavy atom. The summed E-state index contributed by atoms with van der Waals surface area (Å²) < 4.78 is 48.1. The molecule has 2 fully saturated rings. The number of hydrogen-bond donors (Lipinski definition) is 1. The minimum atomic E-state index is -4.66. The van der Waals surface area contributed by atoms with E-state index in [1.165, 1.54) is 29.3 Å². The van der Waals surface area contributed by atoms with Crippen LogP contribution in [0, 0.1) is 5.92 Å². The molecule has 0 spiro atoms. The van der Waals surface area contributed by atoms with Crippen molar-refractivity contribution < 1.29 is 22.7 Å². The summed E-state index contributed by atoms with van der Waals surface area (Å²) in [5.74, 6) is 0.459. The van der Waals surface area contributed by atoms with Gasteiger partial charge in [-0.25, -0.2) is 19.3 Å². The summed E-state index contributed by atoms with van der Waals surface area (Å²) in [5, 5.41) is 6.66. The molecule has 4 atom stereocenters. The van der Waals surface area contributed by atoms with Crippen LogP contribution < -0.4 is 5.32 Å². The molecule has 5 rings (SSSR count). The third-order valence-electron chi connectivity index (χ3n) is 7.02. The smallest absolute Gasteiger partial charge is 0.379 e. The number of nitrogens with one attached hydrogen (secondary N) is 1. The maximum atomic E-state index is 13.7. The Morgan fingerprint density at radius 1 is 1.26 bits per heavy atom. The molecular weight excluding hydrogens is 451 g/mol. The molecule has 1 aliphatic carbocycles. The lowest BCUT2D eigenvalue weighted by Gasteiger charge is -2.65. The average molecular weight is 475 g/mol. The molecule has 0 radical (unpaired) electrons. The van der Waals surface area contributed by atoms with Crippen LogP contribution in [0.1, 0.15) is 38.7 Å². The third kappa shape index (κ3) is 3.56. The number of aromatic nitrogens is 5. The Balaban J connectivity index is 1.48. The lowest BCUT2D eigenvalue weighted by Crippen LogP contribution is -2.76. The quantitative estimate of drug-likeness (QED) is 0.612. The number of likely N-dealkylation sites (tertiary alicyclic amines) is 1. The maximum absolute atomic E-state index is 13.7. The predicted molar refractivity (Wildman–Crippen MR) is 116 cm³/mol. The first kappa shape index (κ1) is 22.5. The van der Waals surface area contributed by atoms with Crippen molar-refractivity contribution >= 4 is 17.5 Å². The molecule has 0 unspecified atom stereocenters. The number of nitrogens with zero attached hydrogens (tertiary/aromatic N) is 6. The van der Waals surface area contributed by atoms with Gasteiger partial charge < -0.3 is 9.64 Å². The molecule has 1 aliphatic heterocycles. The van der Waals surface area contributed by atoms with Gasteiger partial charge in [0.05, 0.1) is 35.3 Å². The summed E-state index contributed by atoms with van der Waals surface area (Å²) in [6.07, 6.45) is 2.37. The van der Waals surface area contributed by atoms with E-state index in [0.29, 0.717) is 17.8 Å². The number of carbonyl (C=O) groups excluding carboxylic acids is 1. The first-order valence-corrected chi connectivity index (χ1v) is 11.0. The standard InChI is InChI=1S/C22H24F3N7O2/c1-12-4-14-7-21(6-12,13(2)34-3)32(14)20(33)30-18-5-15(16(8-27-18)22(23,24)25)17-10-31-19(9-26-17)28-11-29-31/h5,8-14H,4,6-7H2,1-3H3,(H,27,30,33)/t12-,13-,14-,21+/m1/s1. The van der Waals surface area contributed by atoms with Gasteiger partial charge in [-0.2, -0.15) is 18.3 Å². The van der Waals surface area contributed by atoms with E-state index in [2.05, 4.69) is 32.3 Å². The zero-order chi connectivity index (χ0) is 24.3. The number of pyridine rings is 1. The highest BCUT2D eigenvalue weighted by Crippen LogP contribution is 2.52. The van der Waals surface area contributed by atoms with Crippen molar-refractivity contribution in [2.24, 2.45) is 5.92 Å². The summed E-state index contributed by atoms with van der Waals surface area (Å²) in [7, 11) is 1.62. The largest absolute Gasteiger partial charge is 0.418 e. The van der Waals surface area contributed by atoms with E-state index >= 15 is 0 Å². The van der Waals surface area contributed by atoms with Crippen molar-refractivity contribution in [1.82, 2.24) is 29.5 Å². The molecule has 0 aromatic carbocycles. The van der Waals surface area contributed by atoms with Gasteiger partial charge in [0, 0.05) is 24.9 Å². The monoisotopic (exact) mass is 475 g/mol. The van der Waals surface area contributed by atoms with E-state index < -0.39 is 23.3 Å². The number of urea groups is 1. The molecule has 3 aromatic heterocycles. The van der Waals surface area contributed by atoms with Crippen LogP contribution in [0.25, 0.3) is 16.9 Å². The van der Waals surface area contributed by atoms with Crippen molar-refractivity contribution in [2.45, 2.75) is 57.0 Å². The zero-order valence-corrected chi connectivity index (χ0v) is 18.9. The highest BCUT2D eigenvalue weighted by atomic mass is 19.4. The second-order valence-electron chi connectivity index (χ2n) is 9.13. The number of amides is 2. The molecule has 180 valence electrons. The van der Waals surface area contributed by atoms with E-state index in [0.717, 1.165) is 19.3 Å². The summed E-state index contributed by atoms with van der Waals surface area (Å²) in [6, 6.07) is 0.854. The predicted octanol–water partition coefficient (Wildman–Crippen LogP) is 4.01. The summed E-state index contributed by atoms with van der Waals surface area (Å²) in [5.41, 5.74) is -1.18. The molecule has 1 saturated heterocycles. The van der Waals surface area contributed by atoms with Gasteiger partial charge in [-0.05, 0) is 38.2 Å². The Bertz CT molecular complexity index is 1250. The first-order valence-electron chi connectivity index (χ1n) is 11.0. The molecular formula is C22H24F3N7O2. The number of rotatable bonds is 4. The van der Waals surface area contributed by atoms with E-state index in [1.54, 1.807) is 12.0 Å². The number of methoxy groups -OCH3 is 1. The average Bonchev–Trinajstić information content (AvgIpc) is 3.25. The fourth-order valence-electron chi connectivity index (χ4n) is 5.48. The van der Waals surface area contributed by atoms with E-state index in [1.807, 2.05) is 6.92 Å². The van der Waals surface area contributed by atoms with Gasteiger partial charge in [-0.3, -0.25) is 10.3 Å². The molecule has 1 N–H and O–H groups in total. The number of ether oxygens (including phenoxy) is 1. The lowest BCUT2D eigenvalue weighted by molar-refractivity contribution is -0.155. The summed E-state index contributed by atoms with van der Waals surface area (Å²) in [4.78, 5) is 27.0. The fraction of sp³-hybridized carbons (Fsp3) is 0.500. The third-order valence-corrected chi connectivity index (χ3v) is 7.02. The number of carbonyl (C=O) groups is 1. The Labute approximate surface area is 193 Å². The molecule has 2 amide bonds. The molecule has 4 heterocycles. The number of anilines is 1. The Hall–Kier alpha value is -3.28. The number of halogens is 3. The number of fused-ring (bicyclic) bond motifs is 3. The van der Waals surface area contributed by atoms with E-state index in [4.69, 9.17) is 4.74 Å². The Kier molecular flexibility index (Phi) is 5.23.